The number of ether oxygens (including phenoxy) is 3. The molecule has 4 fully saturated rings. The Balaban J connectivity index is 0.645. The van der Waals surface area contributed by atoms with E-state index in [1.807, 2.05) is 48.2 Å². The largest absolute Gasteiger partial charge is 0.504 e. The van der Waals surface area contributed by atoms with Gasteiger partial charge in [-0.1, -0.05) is 35.9 Å². The molecule has 398 valence electrons. The van der Waals surface area contributed by atoms with E-state index in [0.29, 0.717) is 87.0 Å². The monoisotopic (exact) mass is 1040 g/mol. The van der Waals surface area contributed by atoms with Crippen LogP contribution in [0.1, 0.15) is 84.0 Å². The van der Waals surface area contributed by atoms with Crippen molar-refractivity contribution < 1.29 is 53.2 Å². The van der Waals surface area contributed by atoms with Gasteiger partial charge in [0.25, 0.3) is 0 Å². The van der Waals surface area contributed by atoms with Crippen molar-refractivity contribution in [1.82, 2.24) is 31.1 Å². The van der Waals surface area contributed by atoms with Crippen molar-refractivity contribution in [3.63, 3.8) is 0 Å². The number of likely N-dealkylation sites (tertiary alicyclic amines) is 2. The lowest BCUT2D eigenvalue weighted by Crippen LogP contribution is -2.77. The maximum absolute atomic E-state index is 14.2. The topological polar surface area (TPSA) is 254 Å². The van der Waals surface area contributed by atoms with Crippen LogP contribution in [0, 0.1) is 18.8 Å². The molecule has 74 heavy (non-hydrogen) atoms. The number of carbonyl (C=O) groups is 6. The zero-order valence-electron chi connectivity index (χ0n) is 42.0. The number of amides is 6. The highest BCUT2D eigenvalue weighted by Gasteiger charge is 2.72. The van der Waals surface area contributed by atoms with Crippen molar-refractivity contribution in [3.05, 3.63) is 87.4 Å². The second kappa shape index (κ2) is 23.0. The normalized spacial score (nSPS) is 24.3. The number of phenols is 1. The lowest BCUT2D eigenvalue weighted by atomic mass is 9.49. The van der Waals surface area contributed by atoms with Crippen LogP contribution in [0.4, 0.5) is 5.69 Å². The Labute approximate surface area is 436 Å². The Hall–Kier alpha value is -5.83. The predicted molar refractivity (Wildman–Crippen MR) is 274 cm³/mol. The van der Waals surface area contributed by atoms with E-state index >= 15 is 0 Å². The third kappa shape index (κ3) is 11.2. The van der Waals surface area contributed by atoms with Crippen molar-refractivity contribution in [1.29, 1.82) is 0 Å². The summed E-state index contributed by atoms with van der Waals surface area (Å²) in [5.41, 5.74) is 8.77. The van der Waals surface area contributed by atoms with Crippen molar-refractivity contribution in [3.8, 4) is 11.5 Å². The minimum atomic E-state index is -1.10. The maximum atomic E-state index is 14.2. The average molecular weight is 1040 g/mol. The quantitative estimate of drug-likeness (QED) is 0.0803. The number of hydrogen-bond acceptors (Lipinski definition) is 13. The molecule has 6 amide bonds. The smallest absolute Gasteiger partial charge is 0.248 e. The number of phenolic OH excluding ortho intramolecular Hbond substituents is 1. The van der Waals surface area contributed by atoms with Crippen LogP contribution in [0.2, 0.25) is 5.02 Å². The molecule has 3 aromatic rings. The number of aromatic hydroxyl groups is 1. The Bertz CT molecular complexity index is 2590. The molecule has 0 aromatic heterocycles. The molecule has 4 heterocycles. The third-order valence-corrected chi connectivity index (χ3v) is 16.8. The van der Waals surface area contributed by atoms with E-state index in [1.54, 1.807) is 23.1 Å². The Morgan fingerprint density at radius 1 is 0.878 bits per heavy atom. The number of nitrogens with zero attached hydrogens (tertiary/aromatic N) is 3. The molecule has 0 radical (unpaired) electrons. The van der Waals surface area contributed by atoms with Gasteiger partial charge in [-0.15, -0.1) is 0 Å². The first kappa shape index (κ1) is 53.0. The lowest BCUT2D eigenvalue weighted by molar-refractivity contribution is -0.161. The van der Waals surface area contributed by atoms with Gasteiger partial charge in [-0.2, -0.15) is 0 Å². The van der Waals surface area contributed by atoms with E-state index in [1.165, 1.54) is 5.56 Å². The number of anilines is 1. The van der Waals surface area contributed by atoms with Gasteiger partial charge in [0.15, 0.2) is 11.5 Å². The summed E-state index contributed by atoms with van der Waals surface area (Å²) in [5.74, 6) is -1.63. The number of aryl methyl sites for hydroxylation is 1. The molecule has 6 aliphatic rings. The first-order chi connectivity index (χ1) is 35.6. The van der Waals surface area contributed by atoms with Crippen LogP contribution >= 0.6 is 11.6 Å². The number of rotatable bonds is 20. The van der Waals surface area contributed by atoms with Gasteiger partial charge in [0.2, 0.25) is 35.4 Å². The van der Waals surface area contributed by atoms with E-state index in [0.717, 1.165) is 67.7 Å². The van der Waals surface area contributed by atoms with E-state index in [2.05, 4.69) is 26.2 Å². The summed E-state index contributed by atoms with van der Waals surface area (Å²) in [6.07, 6.45) is 6.35. The Morgan fingerprint density at radius 2 is 1.58 bits per heavy atom. The summed E-state index contributed by atoms with van der Waals surface area (Å²) in [6, 6.07) is 16.1. The van der Waals surface area contributed by atoms with E-state index in [4.69, 9.17) is 31.5 Å². The van der Waals surface area contributed by atoms with Gasteiger partial charge in [0.1, 0.15) is 32.5 Å². The molecular weight excluding hydrogens is 972 g/mol. The highest BCUT2D eigenvalue weighted by atomic mass is 35.5. The van der Waals surface area contributed by atoms with Gasteiger partial charge in [-0.3, -0.25) is 28.8 Å². The first-order valence-corrected chi connectivity index (χ1v) is 26.4. The molecule has 9 rings (SSSR count). The van der Waals surface area contributed by atoms with Crippen LogP contribution in [0.5, 0.6) is 11.5 Å². The van der Waals surface area contributed by atoms with Crippen molar-refractivity contribution in [2.75, 3.05) is 83.8 Å². The summed E-state index contributed by atoms with van der Waals surface area (Å²) in [5, 5.41) is 34.9. The minimum absolute atomic E-state index is 0.00515. The summed E-state index contributed by atoms with van der Waals surface area (Å²) in [7, 11) is 0. The first-order valence-electron chi connectivity index (χ1n) is 26.1. The maximum Gasteiger partial charge on any atom is 0.248 e. The molecule has 1 spiro atoms. The summed E-state index contributed by atoms with van der Waals surface area (Å²) in [4.78, 5) is 82.7. The van der Waals surface area contributed by atoms with Gasteiger partial charge in [0.05, 0.1) is 23.7 Å². The number of piperidine rings is 3. The standard InChI is InChI=1S/C54H69ClN8O11/c1-33-3-9-39(27-40(33)55)63(20-2-19-61-21-12-35(13-22-61)25-34-4-6-36(7-5-34)51(56)69)52(70)37-14-23-62(24-15-37)47(68)31-73-29-45(66)59-32-58-44(65)28-72-30-46(67)60-41-11-16-54(71)43-26-38-8-10-42(64)49-48(38)53(54,17-18-57-43)50(41)74-49/h3-10,27,35,37,41,43,50,57,64,71H,2,11-26,28-32H2,1H3,(H2,56,69)(H,58,65)(H,59,66)(H,60,67)/t41-,43?,50-,53-,54+/m0/s1. The SMILES string of the molecule is Cc1ccc(N(CCCN2CCC(Cc3ccc(C(N)=O)cc3)CC2)C(=O)C2CCN(C(=O)COCC(=O)NCNC(=O)COCC(=O)N[C@H]3CC[C@@]4(O)C5Cc6ccc(O)c7c6[C@@]4(CCN5)[C@H]3O7)CC2)cc1Cl. The molecular formula is C54H69ClN8O11. The van der Waals surface area contributed by atoms with E-state index in [-0.39, 0.29) is 42.8 Å². The summed E-state index contributed by atoms with van der Waals surface area (Å²) in [6.45, 7) is 4.85. The fraction of sp³-hybridized carbons (Fsp3) is 0.556. The van der Waals surface area contributed by atoms with Gasteiger partial charge in [-0.05, 0) is 150 Å². The molecule has 2 bridgehead atoms. The molecule has 3 saturated heterocycles. The second-order valence-corrected chi connectivity index (χ2v) is 21.3. The average Bonchev–Trinajstić information content (AvgIpc) is 3.82. The molecule has 4 aliphatic heterocycles. The number of primary amides is 1. The number of hydrogen-bond donors (Lipinski definition) is 7. The second-order valence-electron chi connectivity index (χ2n) is 20.9. The third-order valence-electron chi connectivity index (χ3n) is 16.4. The number of carbonyl (C=O) groups excluding carboxylic acids is 6. The van der Waals surface area contributed by atoms with Gasteiger partial charge >= 0.3 is 0 Å². The Morgan fingerprint density at radius 3 is 2.28 bits per heavy atom. The van der Waals surface area contributed by atoms with Crippen LogP contribution in [-0.4, -0.2) is 158 Å². The van der Waals surface area contributed by atoms with Crippen molar-refractivity contribution in [2.45, 2.75) is 100 Å². The molecule has 20 heteroatoms. The van der Waals surface area contributed by atoms with Gasteiger partial charge in [-0.25, -0.2) is 0 Å². The van der Waals surface area contributed by atoms with E-state index < -0.39 is 66.6 Å². The summed E-state index contributed by atoms with van der Waals surface area (Å²) >= 11 is 6.55. The minimum Gasteiger partial charge on any atom is -0.504 e. The zero-order chi connectivity index (χ0) is 52.1. The lowest BCUT2D eigenvalue weighted by Gasteiger charge is -2.61. The molecule has 19 nitrogen and oxygen atoms in total. The molecule has 1 unspecified atom stereocenters. The number of halogens is 1. The van der Waals surface area contributed by atoms with Crippen LogP contribution in [-0.2, 0) is 51.7 Å². The number of nitrogens with two attached hydrogens (primary N) is 1. The van der Waals surface area contributed by atoms with Crippen LogP contribution in [0.15, 0.2) is 54.6 Å². The number of aliphatic hydroxyl groups is 1. The van der Waals surface area contributed by atoms with E-state index in [9.17, 15) is 39.0 Å². The van der Waals surface area contributed by atoms with Gasteiger partial charge < -0.3 is 66.1 Å². The molecule has 5 atom stereocenters. The van der Waals surface area contributed by atoms with Gasteiger partial charge in [0, 0.05) is 53.4 Å². The highest BCUT2D eigenvalue weighted by molar-refractivity contribution is 6.31. The van der Waals surface area contributed by atoms with Crippen molar-refractivity contribution >= 4 is 52.7 Å². The number of nitrogens with one attached hydrogen (secondary N) is 4. The highest BCUT2D eigenvalue weighted by Crippen LogP contribution is 2.64. The number of benzene rings is 3. The Kier molecular flexibility index (Phi) is 16.5. The predicted octanol–water partition coefficient (Wildman–Crippen LogP) is 2.22. The fourth-order valence-corrected chi connectivity index (χ4v) is 12.6. The summed E-state index contributed by atoms with van der Waals surface area (Å²) < 4.78 is 17.2. The molecule has 8 N–H and O–H groups in total. The van der Waals surface area contributed by atoms with Crippen molar-refractivity contribution in [2.24, 2.45) is 17.6 Å². The molecule has 1 saturated carbocycles. The molecule has 3 aromatic carbocycles. The van der Waals surface area contributed by atoms with Crippen LogP contribution < -0.4 is 36.6 Å². The molecule has 2 aliphatic carbocycles. The van der Waals surface area contributed by atoms with Crippen LogP contribution in [0.25, 0.3) is 0 Å². The van der Waals surface area contributed by atoms with Crippen LogP contribution in [0.3, 0.4) is 0 Å². The zero-order valence-corrected chi connectivity index (χ0v) is 42.8. The fourth-order valence-electron chi connectivity index (χ4n) is 12.5.